The molecule has 0 saturated carbocycles. The fraction of sp³-hybridized carbons (Fsp3) is 0.545. The van der Waals surface area contributed by atoms with Crippen molar-refractivity contribution in [1.82, 2.24) is 4.98 Å². The molecule has 88 valence electrons. The van der Waals surface area contributed by atoms with Crippen LogP contribution in [0.25, 0.3) is 0 Å². The monoisotopic (exact) mass is 223 g/mol. The van der Waals surface area contributed by atoms with Crippen molar-refractivity contribution in [3.05, 3.63) is 34.1 Å². The number of hydrogen-bond donors (Lipinski definition) is 1. The van der Waals surface area contributed by atoms with Gasteiger partial charge in [0, 0.05) is 36.5 Å². The van der Waals surface area contributed by atoms with Crippen molar-refractivity contribution in [3.63, 3.8) is 0 Å². The second kappa shape index (κ2) is 5.55. The van der Waals surface area contributed by atoms with Crippen LogP contribution in [0.15, 0.2) is 18.3 Å². The summed E-state index contributed by atoms with van der Waals surface area (Å²) in [5, 5.41) is 10.6. The molecule has 1 heterocycles. The van der Waals surface area contributed by atoms with Gasteiger partial charge < -0.3 is 5.73 Å². The summed E-state index contributed by atoms with van der Waals surface area (Å²) in [7, 11) is 0. The van der Waals surface area contributed by atoms with Crippen LogP contribution in [0.2, 0.25) is 0 Å². The molecule has 1 atom stereocenters. The molecule has 1 rings (SSSR count). The molecule has 0 bridgehead atoms. The van der Waals surface area contributed by atoms with Crippen LogP contribution < -0.4 is 5.73 Å². The average Bonchev–Trinajstić information content (AvgIpc) is 2.16. The number of nitro groups is 1. The normalized spacial score (nSPS) is 12.8. The summed E-state index contributed by atoms with van der Waals surface area (Å²) in [6.07, 6.45) is 2.93. The molecule has 1 unspecified atom stereocenters. The molecule has 0 radical (unpaired) electrons. The number of nitrogens with two attached hydrogens (primary N) is 1. The van der Waals surface area contributed by atoms with Crippen LogP contribution >= 0.6 is 0 Å². The molecule has 0 aliphatic carbocycles. The second-order valence-electron chi connectivity index (χ2n) is 4.36. The Balaban J connectivity index is 2.66. The minimum Gasteiger partial charge on any atom is -0.327 e. The number of aromatic nitrogens is 1. The molecule has 5 nitrogen and oxygen atoms in total. The van der Waals surface area contributed by atoms with E-state index < -0.39 is 4.92 Å². The molecular formula is C11H17N3O2. The van der Waals surface area contributed by atoms with Crippen LogP contribution in [0, 0.1) is 16.0 Å². The smallest absolute Gasteiger partial charge is 0.272 e. The van der Waals surface area contributed by atoms with Crippen LogP contribution in [0.5, 0.6) is 0 Å². The van der Waals surface area contributed by atoms with Gasteiger partial charge in [-0.05, 0) is 12.3 Å². The Morgan fingerprint density at radius 2 is 2.25 bits per heavy atom. The Bertz CT molecular complexity index is 366. The van der Waals surface area contributed by atoms with Crippen molar-refractivity contribution in [2.45, 2.75) is 32.7 Å². The third kappa shape index (κ3) is 3.94. The van der Waals surface area contributed by atoms with Gasteiger partial charge in [0.05, 0.1) is 4.92 Å². The van der Waals surface area contributed by atoms with Crippen molar-refractivity contribution in [1.29, 1.82) is 0 Å². The van der Waals surface area contributed by atoms with E-state index in [9.17, 15) is 10.1 Å². The van der Waals surface area contributed by atoms with Gasteiger partial charge in [0.15, 0.2) is 0 Å². The molecule has 0 amide bonds. The molecule has 2 N–H and O–H groups in total. The first kappa shape index (κ1) is 12.6. The first-order valence-corrected chi connectivity index (χ1v) is 5.34. The molecule has 0 aliphatic heterocycles. The largest absolute Gasteiger partial charge is 0.327 e. The number of pyridine rings is 1. The van der Waals surface area contributed by atoms with E-state index in [1.54, 1.807) is 0 Å². The molecule has 1 aromatic rings. The Labute approximate surface area is 94.8 Å². The van der Waals surface area contributed by atoms with Gasteiger partial charge in [0.2, 0.25) is 0 Å². The Morgan fingerprint density at radius 1 is 1.56 bits per heavy atom. The maximum atomic E-state index is 10.6. The lowest BCUT2D eigenvalue weighted by Crippen LogP contribution is -2.25. The molecular weight excluding hydrogens is 206 g/mol. The third-order valence-corrected chi connectivity index (χ3v) is 2.26. The minimum absolute atomic E-state index is 0.00880. The summed E-state index contributed by atoms with van der Waals surface area (Å²) in [6.45, 7) is 4.20. The average molecular weight is 223 g/mol. The minimum atomic E-state index is -0.418. The Hall–Kier alpha value is -1.49. The van der Waals surface area contributed by atoms with Gasteiger partial charge in [-0.2, -0.15) is 0 Å². The van der Waals surface area contributed by atoms with Gasteiger partial charge >= 0.3 is 0 Å². The summed E-state index contributed by atoms with van der Waals surface area (Å²) < 4.78 is 0. The topological polar surface area (TPSA) is 82.0 Å². The van der Waals surface area contributed by atoms with Gasteiger partial charge in [-0.25, -0.2) is 0 Å². The molecule has 16 heavy (non-hydrogen) atoms. The van der Waals surface area contributed by atoms with Crippen molar-refractivity contribution >= 4 is 5.69 Å². The standard InChI is InChI=1S/C11H17N3O2/c1-8(2)5-9(12)6-10-7-11(14(15)16)3-4-13-10/h3-4,7-9H,5-6,12H2,1-2H3. The van der Waals surface area contributed by atoms with E-state index in [4.69, 9.17) is 5.73 Å². The Kier molecular flexibility index (Phi) is 4.37. The summed E-state index contributed by atoms with van der Waals surface area (Å²) >= 11 is 0. The van der Waals surface area contributed by atoms with E-state index in [2.05, 4.69) is 18.8 Å². The zero-order valence-electron chi connectivity index (χ0n) is 9.59. The van der Waals surface area contributed by atoms with Crippen LogP contribution in [0.3, 0.4) is 0 Å². The highest BCUT2D eigenvalue weighted by atomic mass is 16.6. The fourth-order valence-corrected chi connectivity index (χ4v) is 1.65. The molecule has 0 saturated heterocycles. The lowest BCUT2D eigenvalue weighted by Gasteiger charge is -2.13. The van der Waals surface area contributed by atoms with Gasteiger partial charge in [0.25, 0.3) is 5.69 Å². The van der Waals surface area contributed by atoms with E-state index in [1.165, 1.54) is 18.3 Å². The zero-order chi connectivity index (χ0) is 12.1. The zero-order valence-corrected chi connectivity index (χ0v) is 9.59. The molecule has 0 fully saturated rings. The highest BCUT2D eigenvalue weighted by Crippen LogP contribution is 2.13. The molecule has 1 aromatic heterocycles. The summed E-state index contributed by atoms with van der Waals surface area (Å²) in [5.41, 5.74) is 6.68. The second-order valence-corrected chi connectivity index (χ2v) is 4.36. The SMILES string of the molecule is CC(C)CC(N)Cc1cc([N+](=O)[O-])ccn1. The highest BCUT2D eigenvalue weighted by Gasteiger charge is 2.11. The van der Waals surface area contributed by atoms with Crippen LogP contribution in [0.1, 0.15) is 26.0 Å². The molecule has 0 aromatic carbocycles. The lowest BCUT2D eigenvalue weighted by molar-refractivity contribution is -0.385. The van der Waals surface area contributed by atoms with Gasteiger partial charge in [-0.1, -0.05) is 13.8 Å². The van der Waals surface area contributed by atoms with E-state index in [0.29, 0.717) is 18.0 Å². The van der Waals surface area contributed by atoms with E-state index in [-0.39, 0.29) is 11.7 Å². The van der Waals surface area contributed by atoms with Crippen LogP contribution in [-0.4, -0.2) is 15.9 Å². The Morgan fingerprint density at radius 3 is 2.81 bits per heavy atom. The van der Waals surface area contributed by atoms with Crippen LogP contribution in [-0.2, 0) is 6.42 Å². The molecule has 0 aliphatic rings. The fourth-order valence-electron chi connectivity index (χ4n) is 1.65. The first-order valence-electron chi connectivity index (χ1n) is 5.34. The predicted molar refractivity (Wildman–Crippen MR) is 62.0 cm³/mol. The number of rotatable bonds is 5. The van der Waals surface area contributed by atoms with Gasteiger partial charge in [0.1, 0.15) is 0 Å². The van der Waals surface area contributed by atoms with Gasteiger partial charge in [-0.3, -0.25) is 15.1 Å². The first-order chi connectivity index (χ1) is 7.49. The van der Waals surface area contributed by atoms with Crippen molar-refractivity contribution < 1.29 is 4.92 Å². The molecule has 0 spiro atoms. The van der Waals surface area contributed by atoms with E-state index in [0.717, 1.165) is 6.42 Å². The van der Waals surface area contributed by atoms with Crippen molar-refractivity contribution in [3.8, 4) is 0 Å². The third-order valence-electron chi connectivity index (χ3n) is 2.26. The van der Waals surface area contributed by atoms with E-state index >= 15 is 0 Å². The predicted octanol–water partition coefficient (Wildman–Crippen LogP) is 1.91. The summed E-state index contributed by atoms with van der Waals surface area (Å²) in [6, 6.07) is 2.88. The van der Waals surface area contributed by atoms with Crippen LogP contribution in [0.4, 0.5) is 5.69 Å². The summed E-state index contributed by atoms with van der Waals surface area (Å²) in [5.74, 6) is 0.522. The quantitative estimate of drug-likeness (QED) is 0.610. The van der Waals surface area contributed by atoms with Crippen molar-refractivity contribution in [2.75, 3.05) is 0 Å². The van der Waals surface area contributed by atoms with Crippen molar-refractivity contribution in [2.24, 2.45) is 11.7 Å². The maximum Gasteiger partial charge on any atom is 0.272 e. The van der Waals surface area contributed by atoms with Gasteiger partial charge in [-0.15, -0.1) is 0 Å². The highest BCUT2D eigenvalue weighted by molar-refractivity contribution is 5.29. The summed E-state index contributed by atoms with van der Waals surface area (Å²) in [4.78, 5) is 14.2. The number of hydrogen-bond acceptors (Lipinski definition) is 4. The lowest BCUT2D eigenvalue weighted by atomic mass is 10.0. The van der Waals surface area contributed by atoms with E-state index in [1.807, 2.05) is 0 Å². The number of nitrogens with zero attached hydrogens (tertiary/aromatic N) is 2. The maximum absolute atomic E-state index is 10.6. The molecule has 5 heteroatoms.